The van der Waals surface area contributed by atoms with Gasteiger partial charge in [0.1, 0.15) is 0 Å². The number of nitrogens with zero attached hydrogens (tertiary/aromatic N) is 2. The molecule has 1 saturated heterocycles. The summed E-state index contributed by atoms with van der Waals surface area (Å²) in [5.74, 6) is 1.23. The Labute approximate surface area is 135 Å². The second kappa shape index (κ2) is 6.69. The first kappa shape index (κ1) is 15.3. The van der Waals surface area contributed by atoms with Crippen LogP contribution in [-0.2, 0) is 0 Å². The quantitative estimate of drug-likeness (QED) is 0.871. The van der Waals surface area contributed by atoms with Gasteiger partial charge in [-0.25, -0.2) is 0 Å². The molecular formula is C18H20N2O3. The van der Waals surface area contributed by atoms with E-state index in [1.165, 1.54) is 0 Å². The van der Waals surface area contributed by atoms with Crippen molar-refractivity contribution < 1.29 is 14.3 Å². The van der Waals surface area contributed by atoms with E-state index in [9.17, 15) is 4.79 Å². The third-order valence-corrected chi connectivity index (χ3v) is 4.09. The summed E-state index contributed by atoms with van der Waals surface area (Å²) in [6.07, 6.45) is 3.81. The number of carbonyl (C=O) groups is 1. The monoisotopic (exact) mass is 312 g/mol. The zero-order valence-electron chi connectivity index (χ0n) is 13.4. The molecule has 2 aromatic rings. The Hall–Kier alpha value is -2.56. The van der Waals surface area contributed by atoms with Crippen molar-refractivity contribution in [3.8, 4) is 22.8 Å². The molecule has 2 heterocycles. The highest BCUT2D eigenvalue weighted by Crippen LogP contribution is 2.38. The topological polar surface area (TPSA) is 51.7 Å². The summed E-state index contributed by atoms with van der Waals surface area (Å²) in [5, 5.41) is 0. The lowest BCUT2D eigenvalue weighted by Gasteiger charge is -2.18. The molecule has 5 heteroatoms. The van der Waals surface area contributed by atoms with Crippen LogP contribution in [0.5, 0.6) is 11.5 Å². The third kappa shape index (κ3) is 2.86. The molecule has 0 saturated carbocycles. The van der Waals surface area contributed by atoms with E-state index >= 15 is 0 Å². The molecule has 1 fully saturated rings. The number of rotatable bonds is 4. The van der Waals surface area contributed by atoms with E-state index in [0.29, 0.717) is 22.8 Å². The van der Waals surface area contributed by atoms with E-state index in [2.05, 4.69) is 4.98 Å². The Bertz CT molecular complexity index is 709. The zero-order chi connectivity index (χ0) is 16.2. The average Bonchev–Trinajstić information content (AvgIpc) is 3.15. The van der Waals surface area contributed by atoms with Gasteiger partial charge in [0.25, 0.3) is 5.91 Å². The Morgan fingerprint density at radius 2 is 1.87 bits per heavy atom. The highest BCUT2D eigenvalue weighted by atomic mass is 16.5. The number of aromatic nitrogens is 1. The van der Waals surface area contributed by atoms with Crippen LogP contribution in [0.15, 0.2) is 36.5 Å². The lowest BCUT2D eigenvalue weighted by Crippen LogP contribution is -2.28. The molecule has 3 rings (SSSR count). The predicted molar refractivity (Wildman–Crippen MR) is 87.9 cm³/mol. The van der Waals surface area contributed by atoms with E-state index in [1.807, 2.05) is 29.2 Å². The van der Waals surface area contributed by atoms with Crippen LogP contribution < -0.4 is 9.47 Å². The summed E-state index contributed by atoms with van der Waals surface area (Å²) in [4.78, 5) is 19.1. The molecule has 1 aromatic carbocycles. The number of carbonyl (C=O) groups excluding carboxylic acids is 1. The molecule has 0 atom stereocenters. The van der Waals surface area contributed by atoms with Crippen molar-refractivity contribution in [3.05, 3.63) is 42.1 Å². The van der Waals surface area contributed by atoms with Gasteiger partial charge in [-0.3, -0.25) is 9.78 Å². The second-order valence-electron chi connectivity index (χ2n) is 5.44. The van der Waals surface area contributed by atoms with Crippen LogP contribution in [0.25, 0.3) is 11.3 Å². The highest BCUT2D eigenvalue weighted by molar-refractivity contribution is 6.00. The molecule has 1 amide bonds. The van der Waals surface area contributed by atoms with E-state index in [4.69, 9.17) is 9.47 Å². The molecule has 0 bridgehead atoms. The predicted octanol–water partition coefficient (Wildman–Crippen LogP) is 3.00. The van der Waals surface area contributed by atoms with Gasteiger partial charge in [-0.1, -0.05) is 6.07 Å². The summed E-state index contributed by atoms with van der Waals surface area (Å²) >= 11 is 0. The van der Waals surface area contributed by atoms with Gasteiger partial charge in [-0.15, -0.1) is 0 Å². The molecule has 5 nitrogen and oxygen atoms in total. The summed E-state index contributed by atoms with van der Waals surface area (Å²) in [7, 11) is 3.18. The Balaban J connectivity index is 2.09. The number of amides is 1. The number of benzene rings is 1. The number of methoxy groups -OCH3 is 2. The minimum absolute atomic E-state index is 0.0236. The Morgan fingerprint density at radius 3 is 2.57 bits per heavy atom. The average molecular weight is 312 g/mol. The molecule has 0 aliphatic carbocycles. The fourth-order valence-corrected chi connectivity index (χ4v) is 2.96. The number of ether oxygens (including phenoxy) is 2. The third-order valence-electron chi connectivity index (χ3n) is 4.09. The van der Waals surface area contributed by atoms with Crippen molar-refractivity contribution in [2.75, 3.05) is 27.3 Å². The smallest absolute Gasteiger partial charge is 0.256 e. The standard InChI is InChI=1S/C18H20N2O3/c1-22-15-9-5-7-13(17(15)23-2)16-14(8-6-10-19-16)18(21)20-11-3-4-12-20/h5-10H,3-4,11-12H2,1-2H3. The molecule has 0 unspecified atom stereocenters. The van der Waals surface area contributed by atoms with Crippen LogP contribution in [0.1, 0.15) is 23.2 Å². The molecule has 23 heavy (non-hydrogen) atoms. The van der Waals surface area contributed by atoms with Crippen LogP contribution in [0.2, 0.25) is 0 Å². The molecule has 120 valence electrons. The van der Waals surface area contributed by atoms with Crippen LogP contribution in [0.3, 0.4) is 0 Å². The van der Waals surface area contributed by atoms with Gasteiger partial charge < -0.3 is 14.4 Å². The zero-order valence-corrected chi connectivity index (χ0v) is 13.4. The minimum atomic E-state index is 0.0236. The molecular weight excluding hydrogens is 292 g/mol. The maximum atomic E-state index is 12.8. The minimum Gasteiger partial charge on any atom is -0.493 e. The summed E-state index contributed by atoms with van der Waals surface area (Å²) in [5.41, 5.74) is 1.98. The largest absolute Gasteiger partial charge is 0.493 e. The lowest BCUT2D eigenvalue weighted by molar-refractivity contribution is 0.0793. The van der Waals surface area contributed by atoms with E-state index in [-0.39, 0.29) is 5.91 Å². The van der Waals surface area contributed by atoms with Crippen molar-refractivity contribution >= 4 is 5.91 Å². The molecule has 1 aromatic heterocycles. The number of likely N-dealkylation sites (tertiary alicyclic amines) is 1. The van der Waals surface area contributed by atoms with Crippen molar-refractivity contribution in [2.45, 2.75) is 12.8 Å². The van der Waals surface area contributed by atoms with Crippen molar-refractivity contribution in [1.82, 2.24) is 9.88 Å². The van der Waals surface area contributed by atoms with Crippen LogP contribution in [0, 0.1) is 0 Å². The summed E-state index contributed by atoms with van der Waals surface area (Å²) in [6, 6.07) is 9.20. The van der Waals surface area contributed by atoms with Crippen molar-refractivity contribution in [2.24, 2.45) is 0 Å². The second-order valence-corrected chi connectivity index (χ2v) is 5.44. The number of hydrogen-bond donors (Lipinski definition) is 0. The Morgan fingerprint density at radius 1 is 1.09 bits per heavy atom. The maximum absolute atomic E-state index is 12.8. The van der Waals surface area contributed by atoms with Crippen LogP contribution in [-0.4, -0.2) is 43.1 Å². The van der Waals surface area contributed by atoms with E-state index < -0.39 is 0 Å². The van der Waals surface area contributed by atoms with Crippen LogP contribution in [0.4, 0.5) is 0 Å². The van der Waals surface area contributed by atoms with Gasteiger partial charge in [0.2, 0.25) is 0 Å². The number of pyridine rings is 1. The van der Waals surface area contributed by atoms with Gasteiger partial charge >= 0.3 is 0 Å². The summed E-state index contributed by atoms with van der Waals surface area (Å²) < 4.78 is 10.8. The number of hydrogen-bond acceptors (Lipinski definition) is 4. The van der Waals surface area contributed by atoms with Gasteiger partial charge in [0.15, 0.2) is 11.5 Å². The van der Waals surface area contributed by atoms with Crippen LogP contribution >= 0.6 is 0 Å². The van der Waals surface area contributed by atoms with Gasteiger partial charge in [-0.2, -0.15) is 0 Å². The first-order valence-electron chi connectivity index (χ1n) is 7.72. The van der Waals surface area contributed by atoms with Gasteiger partial charge in [-0.05, 0) is 37.1 Å². The molecule has 1 aliphatic heterocycles. The Kier molecular flexibility index (Phi) is 4.46. The molecule has 1 aliphatic rings. The maximum Gasteiger partial charge on any atom is 0.256 e. The van der Waals surface area contributed by atoms with E-state index in [1.54, 1.807) is 26.5 Å². The highest BCUT2D eigenvalue weighted by Gasteiger charge is 2.24. The first-order valence-corrected chi connectivity index (χ1v) is 7.72. The summed E-state index contributed by atoms with van der Waals surface area (Å²) in [6.45, 7) is 1.62. The van der Waals surface area contributed by atoms with Crippen molar-refractivity contribution in [1.29, 1.82) is 0 Å². The number of para-hydroxylation sites is 1. The molecule has 0 N–H and O–H groups in total. The fraction of sp³-hybridized carbons (Fsp3) is 0.333. The van der Waals surface area contributed by atoms with Gasteiger partial charge in [0, 0.05) is 24.8 Å². The van der Waals surface area contributed by atoms with Gasteiger partial charge in [0.05, 0.1) is 25.5 Å². The lowest BCUT2D eigenvalue weighted by atomic mass is 10.0. The first-order chi connectivity index (χ1) is 11.3. The molecule has 0 spiro atoms. The normalized spacial score (nSPS) is 13.9. The van der Waals surface area contributed by atoms with Crippen molar-refractivity contribution in [3.63, 3.8) is 0 Å². The SMILES string of the molecule is COc1cccc(-c2ncccc2C(=O)N2CCCC2)c1OC. The molecule has 0 radical (unpaired) electrons. The fourth-order valence-electron chi connectivity index (χ4n) is 2.96. The van der Waals surface area contributed by atoms with E-state index in [0.717, 1.165) is 31.5 Å².